The van der Waals surface area contributed by atoms with Gasteiger partial charge in [0.2, 0.25) is 0 Å². The molecule has 0 radical (unpaired) electrons. The number of thioether (sulfide) groups is 1. The van der Waals surface area contributed by atoms with Gasteiger partial charge in [0.15, 0.2) is 0 Å². The lowest BCUT2D eigenvalue weighted by molar-refractivity contribution is 0.346. The highest BCUT2D eigenvalue weighted by atomic mass is 32.2. The molecular formula is C15H22N2S. The predicted molar refractivity (Wildman–Crippen MR) is 78.9 cm³/mol. The van der Waals surface area contributed by atoms with Crippen LogP contribution in [-0.2, 0) is 6.42 Å². The minimum atomic E-state index is 0.612. The van der Waals surface area contributed by atoms with Gasteiger partial charge in [0.1, 0.15) is 0 Å². The fraction of sp³-hybridized carbons (Fsp3) is 0.533. The highest BCUT2D eigenvalue weighted by molar-refractivity contribution is 7.99. The van der Waals surface area contributed by atoms with E-state index in [2.05, 4.69) is 56.1 Å². The summed E-state index contributed by atoms with van der Waals surface area (Å²) in [5.41, 5.74) is 1.37. The number of benzene rings is 1. The zero-order chi connectivity index (χ0) is 13.4. The molecular weight excluding hydrogens is 240 g/mol. The van der Waals surface area contributed by atoms with Crippen molar-refractivity contribution in [2.45, 2.75) is 36.8 Å². The van der Waals surface area contributed by atoms with Crippen LogP contribution in [0.25, 0.3) is 0 Å². The van der Waals surface area contributed by atoms with E-state index < -0.39 is 0 Å². The number of nitrogens with zero attached hydrogens (tertiary/aromatic N) is 2. The Balaban J connectivity index is 2.37. The summed E-state index contributed by atoms with van der Waals surface area (Å²) >= 11 is 1.90. The van der Waals surface area contributed by atoms with Crippen LogP contribution in [0.4, 0.5) is 0 Å². The van der Waals surface area contributed by atoms with Crippen molar-refractivity contribution in [3.05, 3.63) is 29.8 Å². The standard InChI is InChI=1S/C15H22N2S/c1-13(2)18-15-7-5-14(6-8-15)9-12-17(3)11-4-10-16/h5-8,13H,4,9,11-12H2,1-3H3. The van der Waals surface area contributed by atoms with E-state index in [9.17, 15) is 0 Å². The first-order chi connectivity index (χ1) is 8.61. The Morgan fingerprint density at radius 1 is 1.22 bits per heavy atom. The van der Waals surface area contributed by atoms with Crippen molar-refractivity contribution < 1.29 is 0 Å². The van der Waals surface area contributed by atoms with Crippen molar-refractivity contribution in [2.75, 3.05) is 20.1 Å². The van der Waals surface area contributed by atoms with E-state index in [4.69, 9.17) is 5.26 Å². The van der Waals surface area contributed by atoms with Crippen LogP contribution in [0.1, 0.15) is 25.8 Å². The minimum absolute atomic E-state index is 0.612. The lowest BCUT2D eigenvalue weighted by atomic mass is 10.1. The first-order valence-electron chi connectivity index (χ1n) is 6.43. The molecule has 3 heteroatoms. The zero-order valence-electron chi connectivity index (χ0n) is 11.5. The average Bonchev–Trinajstić information content (AvgIpc) is 2.35. The lowest BCUT2D eigenvalue weighted by Gasteiger charge is -2.14. The second-order valence-electron chi connectivity index (χ2n) is 4.77. The smallest absolute Gasteiger partial charge is 0.0635 e. The Morgan fingerprint density at radius 2 is 1.89 bits per heavy atom. The monoisotopic (exact) mass is 262 g/mol. The summed E-state index contributed by atoms with van der Waals surface area (Å²) in [7, 11) is 2.07. The van der Waals surface area contributed by atoms with Gasteiger partial charge >= 0.3 is 0 Å². The van der Waals surface area contributed by atoms with Crippen molar-refractivity contribution in [1.82, 2.24) is 4.90 Å². The lowest BCUT2D eigenvalue weighted by Crippen LogP contribution is -2.22. The molecule has 0 amide bonds. The van der Waals surface area contributed by atoms with Crippen LogP contribution < -0.4 is 0 Å². The summed E-state index contributed by atoms with van der Waals surface area (Å²) < 4.78 is 0. The topological polar surface area (TPSA) is 27.0 Å². The maximum absolute atomic E-state index is 8.52. The molecule has 1 aromatic rings. The molecule has 0 heterocycles. The zero-order valence-corrected chi connectivity index (χ0v) is 12.3. The van der Waals surface area contributed by atoms with E-state index in [-0.39, 0.29) is 0 Å². The van der Waals surface area contributed by atoms with Crippen molar-refractivity contribution in [1.29, 1.82) is 5.26 Å². The molecule has 1 aromatic carbocycles. The Kier molecular flexibility index (Phi) is 6.85. The van der Waals surface area contributed by atoms with Gasteiger partial charge in [-0.2, -0.15) is 5.26 Å². The van der Waals surface area contributed by atoms with Gasteiger partial charge in [-0.25, -0.2) is 0 Å². The molecule has 0 saturated heterocycles. The number of nitriles is 1. The number of likely N-dealkylation sites (N-methyl/N-ethyl adjacent to an activating group) is 1. The van der Waals surface area contributed by atoms with Crippen molar-refractivity contribution in [3.63, 3.8) is 0 Å². The van der Waals surface area contributed by atoms with E-state index in [0.29, 0.717) is 11.7 Å². The van der Waals surface area contributed by atoms with Gasteiger partial charge in [0.05, 0.1) is 6.07 Å². The molecule has 0 saturated carbocycles. The molecule has 0 unspecified atom stereocenters. The van der Waals surface area contributed by atoms with Gasteiger partial charge in [-0.15, -0.1) is 11.8 Å². The van der Waals surface area contributed by atoms with Gasteiger partial charge in [0.25, 0.3) is 0 Å². The third-order valence-corrected chi connectivity index (χ3v) is 3.70. The summed E-state index contributed by atoms with van der Waals surface area (Å²) in [5.74, 6) is 0. The minimum Gasteiger partial charge on any atom is -0.305 e. The first-order valence-corrected chi connectivity index (χ1v) is 7.31. The Morgan fingerprint density at radius 3 is 2.44 bits per heavy atom. The van der Waals surface area contributed by atoms with Crippen LogP contribution in [0.5, 0.6) is 0 Å². The highest BCUT2D eigenvalue weighted by Gasteiger charge is 2.01. The molecule has 0 N–H and O–H groups in total. The maximum atomic E-state index is 8.52. The van der Waals surface area contributed by atoms with Crippen LogP contribution in [0.3, 0.4) is 0 Å². The summed E-state index contributed by atoms with van der Waals surface area (Å²) in [4.78, 5) is 3.55. The van der Waals surface area contributed by atoms with Crippen LogP contribution in [0.2, 0.25) is 0 Å². The third-order valence-electron chi connectivity index (χ3n) is 2.68. The molecule has 0 bridgehead atoms. The molecule has 0 aliphatic heterocycles. The molecule has 0 aromatic heterocycles. The molecule has 0 fully saturated rings. The molecule has 98 valence electrons. The average molecular weight is 262 g/mol. The first kappa shape index (κ1) is 15.1. The van der Waals surface area contributed by atoms with E-state index in [1.165, 1.54) is 10.5 Å². The van der Waals surface area contributed by atoms with Crippen molar-refractivity contribution in [2.24, 2.45) is 0 Å². The largest absolute Gasteiger partial charge is 0.305 e. The Labute approximate surface area is 115 Å². The molecule has 0 aliphatic rings. The van der Waals surface area contributed by atoms with Gasteiger partial charge in [-0.1, -0.05) is 26.0 Å². The highest BCUT2D eigenvalue weighted by Crippen LogP contribution is 2.22. The molecule has 0 spiro atoms. The normalized spacial score (nSPS) is 10.9. The number of hydrogen-bond acceptors (Lipinski definition) is 3. The third kappa shape index (κ3) is 6.09. The fourth-order valence-corrected chi connectivity index (χ4v) is 2.52. The molecule has 2 nitrogen and oxygen atoms in total. The molecule has 0 aliphatic carbocycles. The van der Waals surface area contributed by atoms with E-state index in [1.54, 1.807) is 0 Å². The van der Waals surface area contributed by atoms with Crippen LogP contribution in [0, 0.1) is 11.3 Å². The second kappa shape index (κ2) is 8.18. The summed E-state index contributed by atoms with van der Waals surface area (Å²) in [6, 6.07) is 11.0. The Hall–Kier alpha value is -0.980. The summed E-state index contributed by atoms with van der Waals surface area (Å²) in [6.07, 6.45) is 1.66. The SMILES string of the molecule is CC(C)Sc1ccc(CCN(C)CCC#N)cc1. The van der Waals surface area contributed by atoms with Crippen LogP contribution in [0.15, 0.2) is 29.2 Å². The maximum Gasteiger partial charge on any atom is 0.0635 e. The van der Waals surface area contributed by atoms with Crippen molar-refractivity contribution >= 4 is 11.8 Å². The quantitative estimate of drug-likeness (QED) is 0.703. The molecule has 18 heavy (non-hydrogen) atoms. The van der Waals surface area contributed by atoms with Gasteiger partial charge in [0, 0.05) is 29.7 Å². The van der Waals surface area contributed by atoms with Crippen LogP contribution >= 0.6 is 11.8 Å². The van der Waals surface area contributed by atoms with Gasteiger partial charge < -0.3 is 4.90 Å². The van der Waals surface area contributed by atoms with E-state index in [0.717, 1.165) is 19.5 Å². The second-order valence-corrected chi connectivity index (χ2v) is 6.42. The summed E-state index contributed by atoms with van der Waals surface area (Å²) in [5, 5.41) is 9.16. The van der Waals surface area contributed by atoms with Gasteiger partial charge in [-0.05, 0) is 31.2 Å². The van der Waals surface area contributed by atoms with E-state index >= 15 is 0 Å². The predicted octanol–water partition coefficient (Wildman–Crippen LogP) is 3.58. The Bertz CT molecular complexity index is 378. The molecule has 0 atom stereocenters. The van der Waals surface area contributed by atoms with Crippen molar-refractivity contribution in [3.8, 4) is 6.07 Å². The van der Waals surface area contributed by atoms with Gasteiger partial charge in [-0.3, -0.25) is 0 Å². The molecule has 1 rings (SSSR count). The summed E-state index contributed by atoms with van der Waals surface area (Å²) in [6.45, 7) is 6.29. The van der Waals surface area contributed by atoms with Crippen LogP contribution in [-0.4, -0.2) is 30.3 Å². The van der Waals surface area contributed by atoms with E-state index in [1.807, 2.05) is 11.8 Å². The number of rotatable bonds is 7. The fourth-order valence-electron chi connectivity index (χ4n) is 1.68. The number of hydrogen-bond donors (Lipinski definition) is 0.